The summed E-state index contributed by atoms with van der Waals surface area (Å²) in [6, 6.07) is 1.08. The minimum Gasteiger partial charge on any atom is -0.447 e. The van der Waals surface area contributed by atoms with Crippen LogP contribution in [0.1, 0.15) is 45.3 Å². The summed E-state index contributed by atoms with van der Waals surface area (Å²) >= 11 is 0. The predicted molar refractivity (Wildman–Crippen MR) is 124 cm³/mol. The van der Waals surface area contributed by atoms with Crippen LogP contribution in [-0.4, -0.2) is 53.0 Å². The molecule has 1 N–H and O–H groups in total. The largest absolute Gasteiger partial charge is 0.447 e. The van der Waals surface area contributed by atoms with E-state index in [-0.39, 0.29) is 33.4 Å². The fourth-order valence-electron chi connectivity index (χ4n) is 3.83. The topological polar surface area (TPSA) is 136 Å². The van der Waals surface area contributed by atoms with Gasteiger partial charge < -0.3 is 9.72 Å². The number of aromatic amines is 1. The molecule has 1 aliphatic rings. The lowest BCUT2D eigenvalue weighted by molar-refractivity contribution is -0.159. The fraction of sp³-hybridized carbons (Fsp3) is 0.524. The molecule has 2 heterocycles. The van der Waals surface area contributed by atoms with Gasteiger partial charge in [0.25, 0.3) is 15.6 Å². The van der Waals surface area contributed by atoms with Gasteiger partial charge in [-0.3, -0.25) is 9.48 Å². The molecule has 2 aromatic rings. The maximum absolute atomic E-state index is 14.0. The number of ether oxygens (including phenoxy) is 1. The van der Waals surface area contributed by atoms with Crippen LogP contribution in [0.4, 0.5) is 18.0 Å². The number of amides is 1. The van der Waals surface area contributed by atoms with Crippen molar-refractivity contribution in [2.45, 2.75) is 45.8 Å². The van der Waals surface area contributed by atoms with Crippen LogP contribution in [0.25, 0.3) is 12.2 Å². The van der Waals surface area contributed by atoms with Gasteiger partial charge in [-0.05, 0) is 31.9 Å². The van der Waals surface area contributed by atoms with E-state index in [0.29, 0.717) is 12.3 Å². The van der Waals surface area contributed by atoms with Crippen LogP contribution in [-0.2, 0) is 14.8 Å². The highest BCUT2D eigenvalue weighted by molar-refractivity contribution is 7.92. The smallest absolute Gasteiger partial charge is 0.444 e. The number of hydrogen-bond donors (Lipinski definition) is 1. The summed E-state index contributed by atoms with van der Waals surface area (Å²) in [6.45, 7) is 6.59. The van der Waals surface area contributed by atoms with Crippen LogP contribution >= 0.6 is 0 Å². The molecule has 36 heavy (non-hydrogen) atoms. The van der Waals surface area contributed by atoms with E-state index in [0.717, 1.165) is 6.08 Å². The van der Waals surface area contributed by atoms with Crippen LogP contribution in [0, 0.1) is 11.8 Å². The molecule has 0 aliphatic heterocycles. The van der Waals surface area contributed by atoms with Gasteiger partial charge in [0, 0.05) is 23.9 Å². The lowest BCUT2D eigenvalue weighted by Crippen LogP contribution is -2.64. The third-order valence-electron chi connectivity index (χ3n) is 5.33. The zero-order chi connectivity index (χ0) is 27.2. The van der Waals surface area contributed by atoms with Crippen molar-refractivity contribution in [2.75, 3.05) is 17.3 Å². The molecule has 198 valence electrons. The van der Waals surface area contributed by atoms with Crippen LogP contribution in [0.3, 0.4) is 0 Å². The average Bonchev–Trinajstić information content (AvgIpc) is 3.23. The van der Waals surface area contributed by atoms with Gasteiger partial charge in [-0.15, -0.1) is 4.68 Å². The summed E-state index contributed by atoms with van der Waals surface area (Å²) in [5, 5.41) is 3.20. The van der Waals surface area contributed by atoms with E-state index in [9.17, 15) is 36.0 Å². The van der Waals surface area contributed by atoms with Gasteiger partial charge in [-0.25, -0.2) is 18.0 Å². The SMILES string of the molecule is CC(C)COC(=O)N(n1c(=O)[nH]c2c(c1=O)=CC(c1ccnn1C(C)C)C(C(F)(F)F)C=2)S(C)(=O)=O. The second kappa shape index (κ2) is 9.59. The second-order valence-electron chi connectivity index (χ2n) is 9.07. The molecule has 2 unspecified atom stereocenters. The number of halogens is 3. The molecule has 2 aromatic heterocycles. The quantitative estimate of drug-likeness (QED) is 0.572. The highest BCUT2D eigenvalue weighted by Crippen LogP contribution is 2.40. The molecule has 2 atom stereocenters. The number of hydrogen-bond acceptors (Lipinski definition) is 7. The molecule has 0 radical (unpaired) electrons. The maximum Gasteiger partial charge on any atom is 0.444 e. The van der Waals surface area contributed by atoms with Gasteiger partial charge in [0.2, 0.25) is 0 Å². The van der Waals surface area contributed by atoms with E-state index in [1.807, 2.05) is 0 Å². The zero-order valence-electron chi connectivity index (χ0n) is 20.1. The highest BCUT2D eigenvalue weighted by Gasteiger charge is 2.45. The fourth-order valence-corrected chi connectivity index (χ4v) is 4.60. The molecule has 3 rings (SSSR count). The first-order chi connectivity index (χ1) is 16.5. The number of nitrogens with zero attached hydrogens (tertiary/aromatic N) is 4. The Morgan fingerprint density at radius 1 is 1.22 bits per heavy atom. The van der Waals surface area contributed by atoms with E-state index in [1.54, 1.807) is 27.7 Å². The summed E-state index contributed by atoms with van der Waals surface area (Å²) < 4.78 is 73.0. The minimum absolute atomic E-state index is 0.00584. The van der Waals surface area contributed by atoms with E-state index in [4.69, 9.17) is 4.74 Å². The first-order valence-electron chi connectivity index (χ1n) is 10.9. The third kappa shape index (κ3) is 5.24. The number of aromatic nitrogens is 4. The monoisotopic (exact) mass is 533 g/mol. The standard InChI is InChI=1S/C21H26F3N5O6S/c1-11(2)10-35-20(32)29(36(5,33)34)28-18(30)14-8-13(17-6-7-25-27(17)12(3)4)15(21(22,23)24)9-16(14)26-19(28)31/h6-9,11-13,15H,10H2,1-5H3,(H,26,31). The van der Waals surface area contributed by atoms with Crippen LogP contribution in [0.5, 0.6) is 0 Å². The van der Waals surface area contributed by atoms with Crippen molar-refractivity contribution in [3.63, 3.8) is 0 Å². The molecule has 0 aromatic carbocycles. The molecule has 0 spiro atoms. The molecule has 11 nitrogen and oxygen atoms in total. The number of sulfonamides is 1. The zero-order valence-corrected chi connectivity index (χ0v) is 20.9. The number of alkyl halides is 3. The Morgan fingerprint density at radius 3 is 2.39 bits per heavy atom. The van der Waals surface area contributed by atoms with Gasteiger partial charge in [0.05, 0.1) is 29.3 Å². The molecule has 0 bridgehead atoms. The number of rotatable bonds is 6. The van der Waals surface area contributed by atoms with E-state index < -0.39 is 55.9 Å². The van der Waals surface area contributed by atoms with Crippen LogP contribution < -0.4 is 26.2 Å². The molecule has 1 aliphatic carbocycles. The van der Waals surface area contributed by atoms with Crippen molar-refractivity contribution >= 4 is 28.3 Å². The first kappa shape index (κ1) is 27.2. The van der Waals surface area contributed by atoms with E-state index in [2.05, 4.69) is 10.1 Å². The molecule has 0 saturated heterocycles. The Labute approximate surface area is 203 Å². The van der Waals surface area contributed by atoms with Gasteiger partial charge in [-0.1, -0.05) is 24.3 Å². The normalized spacial score (nSPS) is 17.9. The lowest BCUT2D eigenvalue weighted by Gasteiger charge is -2.28. The lowest BCUT2D eigenvalue weighted by atomic mass is 9.84. The van der Waals surface area contributed by atoms with Crippen molar-refractivity contribution in [1.82, 2.24) is 19.4 Å². The van der Waals surface area contributed by atoms with Gasteiger partial charge in [-0.2, -0.15) is 18.3 Å². The number of carbonyl (C=O) groups excluding carboxylic acids is 1. The van der Waals surface area contributed by atoms with Gasteiger partial charge >= 0.3 is 18.0 Å². The summed E-state index contributed by atoms with van der Waals surface area (Å²) in [7, 11) is -4.56. The summed E-state index contributed by atoms with van der Waals surface area (Å²) in [4.78, 5) is 40.7. The van der Waals surface area contributed by atoms with Gasteiger partial charge in [0.15, 0.2) is 0 Å². The number of fused-ring (bicyclic) bond motifs is 1. The maximum atomic E-state index is 14.0. The van der Waals surface area contributed by atoms with Crippen molar-refractivity contribution in [1.29, 1.82) is 0 Å². The van der Waals surface area contributed by atoms with E-state index in [1.165, 1.54) is 16.9 Å². The highest BCUT2D eigenvalue weighted by atomic mass is 32.2. The summed E-state index contributed by atoms with van der Waals surface area (Å²) in [5.41, 5.74) is -2.58. The average molecular weight is 534 g/mol. The van der Waals surface area contributed by atoms with E-state index >= 15 is 0 Å². The first-order valence-corrected chi connectivity index (χ1v) is 12.7. The summed E-state index contributed by atoms with van der Waals surface area (Å²) in [5.74, 6) is -3.73. The van der Waals surface area contributed by atoms with Crippen molar-refractivity contribution in [3.05, 3.63) is 49.4 Å². The third-order valence-corrected chi connectivity index (χ3v) is 6.27. The Hall–Kier alpha value is -3.36. The molecule has 15 heteroatoms. The van der Waals surface area contributed by atoms with Gasteiger partial charge in [0.1, 0.15) is 0 Å². The molecular formula is C21H26F3N5O6S. The Kier molecular flexibility index (Phi) is 7.26. The number of nitrogens with one attached hydrogen (secondary N) is 1. The molecule has 0 fully saturated rings. The minimum atomic E-state index is -4.75. The predicted octanol–water partition coefficient (Wildman–Crippen LogP) is 0.541. The van der Waals surface area contributed by atoms with Crippen molar-refractivity contribution < 1.29 is 31.1 Å². The van der Waals surface area contributed by atoms with Crippen molar-refractivity contribution in [2.24, 2.45) is 11.8 Å². The Balaban J connectivity index is 2.32. The second-order valence-corrected chi connectivity index (χ2v) is 10.9. The molecule has 1 amide bonds. The number of carbonyl (C=O) groups is 1. The summed E-state index contributed by atoms with van der Waals surface area (Å²) in [6.07, 6.45) is -2.66. The molecular weight excluding hydrogens is 507 g/mol. The Morgan fingerprint density at radius 2 is 1.86 bits per heavy atom. The van der Waals surface area contributed by atoms with Crippen LogP contribution in [0.15, 0.2) is 21.9 Å². The molecule has 0 saturated carbocycles. The Bertz CT molecular complexity index is 1500. The number of H-pyrrole nitrogens is 1. The van der Waals surface area contributed by atoms with Crippen LogP contribution in [0.2, 0.25) is 0 Å². The van der Waals surface area contributed by atoms with Crippen molar-refractivity contribution in [3.8, 4) is 0 Å².